The number of nitrogens with zero attached hydrogens (tertiary/aromatic N) is 2. The summed E-state index contributed by atoms with van der Waals surface area (Å²) in [5, 5.41) is 12.9. The van der Waals surface area contributed by atoms with Crippen LogP contribution >= 0.6 is 0 Å². The molecule has 3 aromatic carbocycles. The molecule has 1 heterocycles. The standard InChI is InChI=1S/C25H21FN2O4/c1-3-31-14-18-12-17(9-10-20(18)19-7-5-4-6-15(19)2)24-27-23(28-32-24)16-8-11-21(25(29)30)22(26)13-16/h4-13H,3,14H2,1-2H3,(H,29,30). The molecular formula is C25H21FN2O4. The van der Waals surface area contributed by atoms with Crippen LogP contribution in [0.3, 0.4) is 0 Å². The van der Waals surface area contributed by atoms with Gasteiger partial charge in [-0.2, -0.15) is 4.98 Å². The lowest BCUT2D eigenvalue weighted by Gasteiger charge is -2.13. The van der Waals surface area contributed by atoms with Gasteiger partial charge in [-0.1, -0.05) is 35.5 Å². The molecule has 0 atom stereocenters. The van der Waals surface area contributed by atoms with Gasteiger partial charge >= 0.3 is 5.97 Å². The van der Waals surface area contributed by atoms with Gasteiger partial charge in [0, 0.05) is 17.7 Å². The first kappa shape index (κ1) is 21.4. The highest BCUT2D eigenvalue weighted by Crippen LogP contribution is 2.32. The second-order valence-electron chi connectivity index (χ2n) is 7.25. The molecule has 0 amide bonds. The minimum absolute atomic E-state index is 0.171. The highest BCUT2D eigenvalue weighted by Gasteiger charge is 2.17. The van der Waals surface area contributed by atoms with Crippen LogP contribution in [0.25, 0.3) is 34.0 Å². The lowest BCUT2D eigenvalue weighted by atomic mass is 9.94. The lowest BCUT2D eigenvalue weighted by Crippen LogP contribution is -2.00. The molecule has 6 nitrogen and oxygen atoms in total. The van der Waals surface area contributed by atoms with Gasteiger partial charge in [0.05, 0.1) is 12.2 Å². The van der Waals surface area contributed by atoms with Crippen LogP contribution in [0.15, 0.2) is 65.2 Å². The zero-order valence-corrected chi connectivity index (χ0v) is 17.6. The van der Waals surface area contributed by atoms with Crippen LogP contribution in [0.2, 0.25) is 0 Å². The number of halogens is 1. The second kappa shape index (κ2) is 9.11. The largest absolute Gasteiger partial charge is 0.478 e. The van der Waals surface area contributed by atoms with Crippen molar-refractivity contribution in [3.63, 3.8) is 0 Å². The van der Waals surface area contributed by atoms with Gasteiger partial charge in [0.2, 0.25) is 5.82 Å². The van der Waals surface area contributed by atoms with Crippen LogP contribution in [-0.4, -0.2) is 27.8 Å². The quantitative estimate of drug-likeness (QED) is 0.400. The van der Waals surface area contributed by atoms with Gasteiger partial charge in [-0.25, -0.2) is 9.18 Å². The summed E-state index contributed by atoms with van der Waals surface area (Å²) in [5.74, 6) is -1.75. The molecule has 4 rings (SSSR count). The Hall–Kier alpha value is -3.84. The number of ether oxygens (including phenoxy) is 1. The van der Waals surface area contributed by atoms with Crippen molar-refractivity contribution in [2.45, 2.75) is 20.5 Å². The summed E-state index contributed by atoms with van der Waals surface area (Å²) in [6.45, 7) is 5.01. The molecule has 4 aromatic rings. The van der Waals surface area contributed by atoms with E-state index in [0.717, 1.165) is 28.3 Å². The van der Waals surface area contributed by atoms with Gasteiger partial charge in [-0.15, -0.1) is 0 Å². The van der Waals surface area contributed by atoms with Crippen LogP contribution in [-0.2, 0) is 11.3 Å². The number of benzene rings is 3. The number of aryl methyl sites for hydroxylation is 1. The fraction of sp³-hybridized carbons (Fsp3) is 0.160. The Kier molecular flexibility index (Phi) is 6.09. The fourth-order valence-electron chi connectivity index (χ4n) is 3.48. The van der Waals surface area contributed by atoms with Crippen molar-refractivity contribution in [3.05, 3.63) is 83.2 Å². The Balaban J connectivity index is 1.70. The van der Waals surface area contributed by atoms with Gasteiger partial charge in [-0.3, -0.25) is 0 Å². The van der Waals surface area contributed by atoms with Gasteiger partial charge in [0.15, 0.2) is 0 Å². The molecule has 0 radical (unpaired) electrons. The summed E-state index contributed by atoms with van der Waals surface area (Å²) in [5.41, 5.74) is 4.94. The number of aromatic carboxylic acids is 1. The van der Waals surface area contributed by atoms with E-state index >= 15 is 0 Å². The van der Waals surface area contributed by atoms with Crippen LogP contribution in [0.1, 0.15) is 28.4 Å². The van der Waals surface area contributed by atoms with E-state index in [2.05, 4.69) is 29.2 Å². The van der Waals surface area contributed by atoms with Crippen molar-refractivity contribution in [3.8, 4) is 34.0 Å². The molecule has 1 aromatic heterocycles. The smallest absolute Gasteiger partial charge is 0.338 e. The van der Waals surface area contributed by atoms with Crippen molar-refractivity contribution in [2.24, 2.45) is 0 Å². The molecule has 32 heavy (non-hydrogen) atoms. The summed E-state index contributed by atoms with van der Waals surface area (Å²) in [4.78, 5) is 15.4. The van der Waals surface area contributed by atoms with E-state index < -0.39 is 17.3 Å². The number of carboxylic acids is 1. The van der Waals surface area contributed by atoms with Crippen molar-refractivity contribution in [1.29, 1.82) is 0 Å². The zero-order valence-electron chi connectivity index (χ0n) is 17.6. The molecular weight excluding hydrogens is 411 g/mol. The second-order valence-corrected chi connectivity index (χ2v) is 7.25. The summed E-state index contributed by atoms with van der Waals surface area (Å²) < 4.78 is 25.1. The van der Waals surface area contributed by atoms with E-state index in [0.29, 0.717) is 24.3 Å². The van der Waals surface area contributed by atoms with Gasteiger partial charge in [-0.05, 0) is 66.4 Å². The number of hydrogen-bond acceptors (Lipinski definition) is 5. The predicted molar refractivity (Wildman–Crippen MR) is 118 cm³/mol. The Morgan fingerprint density at radius 1 is 1.06 bits per heavy atom. The minimum atomic E-state index is -1.33. The highest BCUT2D eigenvalue weighted by atomic mass is 19.1. The number of hydrogen-bond donors (Lipinski definition) is 1. The number of rotatable bonds is 7. The average Bonchev–Trinajstić information content (AvgIpc) is 3.28. The minimum Gasteiger partial charge on any atom is -0.478 e. The molecule has 0 aliphatic carbocycles. The third-order valence-corrected chi connectivity index (χ3v) is 5.13. The van der Waals surface area contributed by atoms with Crippen molar-refractivity contribution in [2.75, 3.05) is 6.61 Å². The molecule has 0 fully saturated rings. The van der Waals surface area contributed by atoms with Crippen LogP contribution in [0.4, 0.5) is 4.39 Å². The first-order chi connectivity index (χ1) is 15.5. The SMILES string of the molecule is CCOCc1cc(-c2nc(-c3ccc(C(=O)O)c(F)c3)no2)ccc1-c1ccccc1C. The fourth-order valence-corrected chi connectivity index (χ4v) is 3.48. The van der Waals surface area contributed by atoms with Gasteiger partial charge < -0.3 is 14.4 Å². The van der Waals surface area contributed by atoms with Gasteiger partial charge in [0.25, 0.3) is 5.89 Å². The molecule has 162 valence electrons. The molecule has 0 spiro atoms. The van der Waals surface area contributed by atoms with Crippen molar-refractivity contribution in [1.82, 2.24) is 10.1 Å². The Labute approximate surface area is 184 Å². The molecule has 0 saturated carbocycles. The Bertz CT molecular complexity index is 1280. The number of carbonyl (C=O) groups is 1. The molecule has 0 bridgehead atoms. The van der Waals surface area contributed by atoms with E-state index in [-0.39, 0.29) is 11.7 Å². The first-order valence-corrected chi connectivity index (χ1v) is 10.1. The van der Waals surface area contributed by atoms with E-state index in [9.17, 15) is 9.18 Å². The predicted octanol–water partition coefficient (Wildman–Crippen LogP) is 5.75. The third kappa shape index (κ3) is 4.29. The molecule has 1 N–H and O–H groups in total. The lowest BCUT2D eigenvalue weighted by molar-refractivity contribution is 0.0692. The van der Waals surface area contributed by atoms with Crippen LogP contribution in [0, 0.1) is 12.7 Å². The van der Waals surface area contributed by atoms with E-state index in [1.54, 1.807) is 0 Å². The van der Waals surface area contributed by atoms with Crippen LogP contribution in [0.5, 0.6) is 0 Å². The first-order valence-electron chi connectivity index (χ1n) is 10.1. The Morgan fingerprint density at radius 3 is 2.56 bits per heavy atom. The van der Waals surface area contributed by atoms with E-state index in [1.165, 1.54) is 12.1 Å². The van der Waals surface area contributed by atoms with Crippen molar-refractivity contribution >= 4 is 5.97 Å². The Morgan fingerprint density at radius 2 is 1.84 bits per heavy atom. The molecule has 0 aliphatic heterocycles. The summed E-state index contributed by atoms with van der Waals surface area (Å²) in [6.07, 6.45) is 0. The number of carboxylic acid groups (broad SMARTS) is 1. The maximum atomic E-state index is 14.0. The molecule has 7 heteroatoms. The topological polar surface area (TPSA) is 85.5 Å². The maximum absolute atomic E-state index is 14.0. The summed E-state index contributed by atoms with van der Waals surface area (Å²) >= 11 is 0. The highest BCUT2D eigenvalue weighted by molar-refractivity contribution is 5.88. The third-order valence-electron chi connectivity index (χ3n) is 5.13. The number of aromatic nitrogens is 2. The van der Waals surface area contributed by atoms with Crippen LogP contribution < -0.4 is 0 Å². The molecule has 0 aliphatic rings. The monoisotopic (exact) mass is 432 g/mol. The summed E-state index contributed by atoms with van der Waals surface area (Å²) in [6, 6.07) is 17.7. The molecule has 0 saturated heterocycles. The zero-order chi connectivity index (χ0) is 22.7. The normalized spacial score (nSPS) is 11.0. The average molecular weight is 432 g/mol. The molecule has 0 unspecified atom stereocenters. The summed E-state index contributed by atoms with van der Waals surface area (Å²) in [7, 11) is 0. The van der Waals surface area contributed by atoms with Crippen molar-refractivity contribution < 1.29 is 23.6 Å². The maximum Gasteiger partial charge on any atom is 0.338 e. The van der Waals surface area contributed by atoms with Gasteiger partial charge in [0.1, 0.15) is 5.82 Å². The van der Waals surface area contributed by atoms with E-state index in [1.807, 2.05) is 37.3 Å². The van der Waals surface area contributed by atoms with E-state index in [4.69, 9.17) is 14.4 Å².